The van der Waals surface area contributed by atoms with Gasteiger partial charge in [0.1, 0.15) is 5.82 Å². The molecule has 0 aliphatic heterocycles. The Balaban J connectivity index is 1.52. The van der Waals surface area contributed by atoms with Gasteiger partial charge in [0.25, 0.3) is 5.91 Å². The molecule has 0 aliphatic carbocycles. The number of carbonyl (C=O) groups is 1. The third kappa shape index (κ3) is 3.85. The minimum atomic E-state index is -0.325. The number of aryl methyl sites for hydroxylation is 1. The predicted octanol–water partition coefficient (Wildman–Crippen LogP) is 3.10. The molecule has 0 saturated carbocycles. The maximum absolute atomic E-state index is 12.9. The van der Waals surface area contributed by atoms with E-state index < -0.39 is 0 Å². The summed E-state index contributed by atoms with van der Waals surface area (Å²) in [4.78, 5) is 12.0. The summed E-state index contributed by atoms with van der Waals surface area (Å²) in [7, 11) is 0. The van der Waals surface area contributed by atoms with Crippen LogP contribution in [0.3, 0.4) is 0 Å². The Kier molecular flexibility index (Phi) is 4.52. The molecule has 2 heterocycles. The van der Waals surface area contributed by atoms with Crippen LogP contribution in [0.4, 0.5) is 4.39 Å². The highest BCUT2D eigenvalue weighted by Gasteiger charge is 2.13. The second-order valence-electron chi connectivity index (χ2n) is 5.11. The molecule has 2 aromatic heterocycles. The van der Waals surface area contributed by atoms with E-state index in [1.807, 2.05) is 24.5 Å². The predicted molar refractivity (Wildman–Crippen MR) is 83.3 cm³/mol. The largest absolute Gasteiger partial charge is 0.355 e. The molecule has 0 fully saturated rings. The van der Waals surface area contributed by atoms with E-state index in [4.69, 9.17) is 4.52 Å². The number of rotatable bonds is 6. The van der Waals surface area contributed by atoms with Crippen molar-refractivity contribution in [3.63, 3.8) is 0 Å². The second kappa shape index (κ2) is 6.91. The van der Waals surface area contributed by atoms with Gasteiger partial charge in [0.05, 0.1) is 0 Å². The number of amides is 1. The topological polar surface area (TPSA) is 60.1 Å². The summed E-state index contributed by atoms with van der Waals surface area (Å²) >= 11 is 0. The number of hydrogen-bond acceptors (Lipinski definition) is 3. The van der Waals surface area contributed by atoms with Gasteiger partial charge in [-0.3, -0.25) is 4.79 Å². The van der Waals surface area contributed by atoms with Crippen molar-refractivity contribution >= 4 is 5.91 Å². The summed E-state index contributed by atoms with van der Waals surface area (Å²) in [5.41, 5.74) is 0.885. The van der Waals surface area contributed by atoms with Crippen molar-refractivity contribution in [2.45, 2.75) is 13.0 Å². The number of nitrogens with zero attached hydrogens (tertiary/aromatic N) is 2. The zero-order valence-corrected chi connectivity index (χ0v) is 12.4. The first-order chi connectivity index (χ1) is 11.2. The SMILES string of the molecule is O=C(NCCCn1cccc1)c1cc(-c2ccc(F)cc2)on1. The van der Waals surface area contributed by atoms with Crippen LogP contribution in [0.1, 0.15) is 16.9 Å². The molecule has 6 heteroatoms. The van der Waals surface area contributed by atoms with Crippen molar-refractivity contribution in [3.05, 3.63) is 66.4 Å². The quantitative estimate of drug-likeness (QED) is 0.711. The third-order valence-corrected chi connectivity index (χ3v) is 3.42. The Morgan fingerprint density at radius 1 is 1.22 bits per heavy atom. The van der Waals surface area contributed by atoms with Crippen LogP contribution < -0.4 is 5.32 Å². The lowest BCUT2D eigenvalue weighted by Crippen LogP contribution is -2.25. The highest BCUT2D eigenvalue weighted by atomic mass is 19.1. The number of hydrogen-bond donors (Lipinski definition) is 1. The summed E-state index contributed by atoms with van der Waals surface area (Å²) in [5.74, 6) is -0.175. The zero-order valence-electron chi connectivity index (χ0n) is 12.4. The number of nitrogens with one attached hydrogen (secondary N) is 1. The fourth-order valence-corrected chi connectivity index (χ4v) is 2.21. The highest BCUT2D eigenvalue weighted by molar-refractivity contribution is 5.93. The maximum Gasteiger partial charge on any atom is 0.273 e. The Morgan fingerprint density at radius 3 is 2.70 bits per heavy atom. The fraction of sp³-hybridized carbons (Fsp3) is 0.176. The van der Waals surface area contributed by atoms with Crippen molar-refractivity contribution in [1.82, 2.24) is 15.0 Å². The van der Waals surface area contributed by atoms with Crippen LogP contribution in [0.15, 0.2) is 59.4 Å². The molecule has 118 valence electrons. The Morgan fingerprint density at radius 2 is 1.96 bits per heavy atom. The van der Waals surface area contributed by atoms with Crippen LogP contribution in [-0.4, -0.2) is 22.2 Å². The molecule has 1 N–H and O–H groups in total. The van der Waals surface area contributed by atoms with Crippen molar-refractivity contribution in [1.29, 1.82) is 0 Å². The van der Waals surface area contributed by atoms with Crippen molar-refractivity contribution < 1.29 is 13.7 Å². The molecule has 0 spiro atoms. The highest BCUT2D eigenvalue weighted by Crippen LogP contribution is 2.20. The normalized spacial score (nSPS) is 10.7. The molecule has 0 aliphatic rings. The lowest BCUT2D eigenvalue weighted by Gasteiger charge is -2.04. The minimum Gasteiger partial charge on any atom is -0.355 e. The fourth-order valence-electron chi connectivity index (χ4n) is 2.21. The first-order valence-corrected chi connectivity index (χ1v) is 7.34. The van der Waals surface area contributed by atoms with Gasteiger partial charge < -0.3 is 14.4 Å². The Bertz CT molecular complexity index is 764. The van der Waals surface area contributed by atoms with Gasteiger partial charge in [-0.15, -0.1) is 0 Å². The van der Waals surface area contributed by atoms with Crippen molar-refractivity contribution in [2.75, 3.05) is 6.54 Å². The molecule has 0 saturated heterocycles. The Hall–Kier alpha value is -2.89. The van der Waals surface area contributed by atoms with Gasteiger partial charge in [0.15, 0.2) is 11.5 Å². The standard InChI is InChI=1S/C17H16FN3O2/c18-14-6-4-13(5-7-14)16-12-15(20-23-16)17(22)19-8-3-11-21-9-1-2-10-21/h1-2,4-7,9-10,12H,3,8,11H2,(H,19,22). The molecular formula is C17H16FN3O2. The molecule has 23 heavy (non-hydrogen) atoms. The summed E-state index contributed by atoms with van der Waals surface area (Å²) < 4.78 is 20.1. The van der Waals surface area contributed by atoms with E-state index in [0.29, 0.717) is 17.9 Å². The summed E-state index contributed by atoms with van der Waals surface area (Å²) in [6.45, 7) is 1.39. The first kappa shape index (κ1) is 15.0. The van der Waals surface area contributed by atoms with E-state index in [9.17, 15) is 9.18 Å². The van der Waals surface area contributed by atoms with Crippen LogP contribution in [0.25, 0.3) is 11.3 Å². The molecule has 0 radical (unpaired) electrons. The van der Waals surface area contributed by atoms with E-state index in [0.717, 1.165) is 13.0 Å². The van der Waals surface area contributed by atoms with Gasteiger partial charge in [-0.1, -0.05) is 5.16 Å². The maximum atomic E-state index is 12.9. The number of halogens is 1. The van der Waals surface area contributed by atoms with Crippen LogP contribution >= 0.6 is 0 Å². The summed E-state index contributed by atoms with van der Waals surface area (Å²) in [5, 5.41) is 6.56. The molecule has 3 aromatic rings. The molecule has 3 rings (SSSR count). The van der Waals surface area contributed by atoms with Gasteiger partial charge >= 0.3 is 0 Å². The van der Waals surface area contributed by atoms with E-state index in [-0.39, 0.29) is 17.4 Å². The van der Waals surface area contributed by atoms with E-state index >= 15 is 0 Å². The smallest absolute Gasteiger partial charge is 0.273 e. The lowest BCUT2D eigenvalue weighted by atomic mass is 10.1. The van der Waals surface area contributed by atoms with Crippen LogP contribution in [0, 0.1) is 5.82 Å². The summed E-state index contributed by atoms with van der Waals surface area (Å²) in [6.07, 6.45) is 4.78. The molecule has 1 amide bonds. The van der Waals surface area contributed by atoms with Gasteiger partial charge in [-0.05, 0) is 42.8 Å². The lowest BCUT2D eigenvalue weighted by molar-refractivity contribution is 0.0944. The van der Waals surface area contributed by atoms with Crippen LogP contribution in [0.5, 0.6) is 0 Å². The average Bonchev–Trinajstić information content (AvgIpc) is 3.24. The van der Waals surface area contributed by atoms with Gasteiger partial charge in [0.2, 0.25) is 0 Å². The Labute approximate surface area is 132 Å². The number of benzene rings is 1. The molecule has 0 unspecified atom stereocenters. The van der Waals surface area contributed by atoms with Gasteiger partial charge in [0, 0.05) is 37.1 Å². The summed E-state index contributed by atoms with van der Waals surface area (Å²) in [6, 6.07) is 11.3. The van der Waals surface area contributed by atoms with Crippen LogP contribution in [-0.2, 0) is 6.54 Å². The first-order valence-electron chi connectivity index (χ1n) is 7.34. The van der Waals surface area contributed by atoms with Crippen molar-refractivity contribution in [2.24, 2.45) is 0 Å². The van der Waals surface area contributed by atoms with E-state index in [1.165, 1.54) is 12.1 Å². The molecular weight excluding hydrogens is 297 g/mol. The van der Waals surface area contributed by atoms with Gasteiger partial charge in [-0.2, -0.15) is 0 Å². The molecule has 0 atom stereocenters. The second-order valence-corrected chi connectivity index (χ2v) is 5.11. The monoisotopic (exact) mass is 313 g/mol. The van der Waals surface area contributed by atoms with Gasteiger partial charge in [-0.25, -0.2) is 4.39 Å². The average molecular weight is 313 g/mol. The van der Waals surface area contributed by atoms with Crippen LogP contribution in [0.2, 0.25) is 0 Å². The number of aromatic nitrogens is 2. The third-order valence-electron chi connectivity index (χ3n) is 3.42. The van der Waals surface area contributed by atoms with E-state index in [2.05, 4.69) is 15.0 Å². The zero-order chi connectivity index (χ0) is 16.1. The molecule has 0 bridgehead atoms. The minimum absolute atomic E-state index is 0.213. The molecule has 5 nitrogen and oxygen atoms in total. The van der Waals surface area contributed by atoms with E-state index in [1.54, 1.807) is 18.2 Å². The number of carbonyl (C=O) groups excluding carboxylic acids is 1. The molecule has 1 aromatic carbocycles. The van der Waals surface area contributed by atoms with Crippen molar-refractivity contribution in [3.8, 4) is 11.3 Å².